The van der Waals surface area contributed by atoms with E-state index < -0.39 is 6.10 Å². The van der Waals surface area contributed by atoms with Crippen LogP contribution in [0.25, 0.3) is 0 Å². The van der Waals surface area contributed by atoms with Crippen molar-refractivity contribution in [2.75, 3.05) is 6.61 Å². The van der Waals surface area contributed by atoms with Gasteiger partial charge in [0.1, 0.15) is 6.10 Å². The van der Waals surface area contributed by atoms with Gasteiger partial charge in [-0.3, -0.25) is 0 Å². The topological polar surface area (TPSA) is 55.2 Å². The summed E-state index contributed by atoms with van der Waals surface area (Å²) in [5.41, 5.74) is 0.905. The molecular formula is C10H18N2O2S. The van der Waals surface area contributed by atoms with Gasteiger partial charge in [0.05, 0.1) is 23.3 Å². The van der Waals surface area contributed by atoms with Crippen molar-refractivity contribution in [3.8, 4) is 0 Å². The van der Waals surface area contributed by atoms with E-state index in [1.54, 1.807) is 0 Å². The molecule has 0 saturated heterocycles. The van der Waals surface area contributed by atoms with Crippen molar-refractivity contribution in [2.45, 2.75) is 45.8 Å². The third-order valence-electron chi connectivity index (χ3n) is 1.96. The minimum Gasteiger partial charge on any atom is -0.385 e. The molecule has 0 amide bonds. The first-order valence-corrected chi connectivity index (χ1v) is 6.03. The highest BCUT2D eigenvalue weighted by molar-refractivity contribution is 7.05. The Morgan fingerprint density at radius 2 is 2.20 bits per heavy atom. The monoisotopic (exact) mass is 230 g/mol. The fraction of sp³-hybridized carbons (Fsp3) is 0.800. The molecule has 1 unspecified atom stereocenters. The lowest BCUT2D eigenvalue weighted by molar-refractivity contribution is 0.00593. The lowest BCUT2D eigenvalue weighted by atomic mass is 10.2. The maximum atomic E-state index is 9.87. The molecule has 1 aromatic rings. The van der Waals surface area contributed by atoms with Gasteiger partial charge >= 0.3 is 0 Å². The number of aryl methyl sites for hydroxylation is 1. The number of hydrogen-bond acceptors (Lipinski definition) is 5. The SMILES string of the molecule is CCCc1nnsc1C(O)COC(C)C. The van der Waals surface area contributed by atoms with Crippen LogP contribution >= 0.6 is 11.5 Å². The number of aromatic nitrogens is 2. The Morgan fingerprint density at radius 1 is 1.47 bits per heavy atom. The Hall–Kier alpha value is -0.520. The normalized spacial score (nSPS) is 13.4. The number of ether oxygens (including phenoxy) is 1. The molecule has 1 heterocycles. The summed E-state index contributed by atoms with van der Waals surface area (Å²) in [5.74, 6) is 0. The van der Waals surface area contributed by atoms with E-state index in [1.165, 1.54) is 11.5 Å². The van der Waals surface area contributed by atoms with Crippen molar-refractivity contribution >= 4 is 11.5 Å². The Labute approximate surface area is 94.4 Å². The molecule has 1 rings (SSSR count). The van der Waals surface area contributed by atoms with Crippen molar-refractivity contribution in [3.63, 3.8) is 0 Å². The molecule has 86 valence electrons. The summed E-state index contributed by atoms with van der Waals surface area (Å²) in [6, 6.07) is 0. The van der Waals surface area contributed by atoms with Crippen molar-refractivity contribution in [2.24, 2.45) is 0 Å². The summed E-state index contributed by atoms with van der Waals surface area (Å²) in [7, 11) is 0. The van der Waals surface area contributed by atoms with E-state index in [-0.39, 0.29) is 6.10 Å². The zero-order chi connectivity index (χ0) is 11.3. The second-order valence-corrected chi connectivity index (χ2v) is 4.52. The molecule has 0 aliphatic heterocycles. The summed E-state index contributed by atoms with van der Waals surface area (Å²) in [4.78, 5) is 0.845. The molecule has 0 bridgehead atoms. The number of nitrogens with zero attached hydrogens (tertiary/aromatic N) is 2. The van der Waals surface area contributed by atoms with Crippen LogP contribution in [0.15, 0.2) is 0 Å². The maximum Gasteiger partial charge on any atom is 0.115 e. The van der Waals surface area contributed by atoms with Gasteiger partial charge in [-0.15, -0.1) is 5.10 Å². The number of rotatable bonds is 6. The van der Waals surface area contributed by atoms with Crippen molar-refractivity contribution in [1.29, 1.82) is 0 Å². The van der Waals surface area contributed by atoms with Gasteiger partial charge in [0.2, 0.25) is 0 Å². The van der Waals surface area contributed by atoms with Crippen LogP contribution in [0.3, 0.4) is 0 Å². The zero-order valence-corrected chi connectivity index (χ0v) is 10.3. The highest BCUT2D eigenvalue weighted by Crippen LogP contribution is 2.21. The number of aliphatic hydroxyl groups is 1. The van der Waals surface area contributed by atoms with E-state index >= 15 is 0 Å². The highest BCUT2D eigenvalue weighted by atomic mass is 32.1. The van der Waals surface area contributed by atoms with E-state index in [4.69, 9.17) is 4.74 Å². The Bertz CT molecular complexity index is 289. The van der Waals surface area contributed by atoms with Gasteiger partial charge in [0.15, 0.2) is 0 Å². The van der Waals surface area contributed by atoms with Crippen LogP contribution < -0.4 is 0 Å². The van der Waals surface area contributed by atoms with Crippen LogP contribution in [0, 0.1) is 0 Å². The summed E-state index contributed by atoms with van der Waals surface area (Å²) >= 11 is 1.26. The molecule has 0 saturated carbocycles. The molecule has 1 N–H and O–H groups in total. The first-order valence-electron chi connectivity index (χ1n) is 5.26. The highest BCUT2D eigenvalue weighted by Gasteiger charge is 2.16. The second kappa shape index (κ2) is 6.15. The average Bonchev–Trinajstić information content (AvgIpc) is 2.63. The van der Waals surface area contributed by atoms with Gasteiger partial charge in [-0.2, -0.15) is 0 Å². The van der Waals surface area contributed by atoms with Gasteiger partial charge in [-0.25, -0.2) is 0 Å². The molecule has 0 aliphatic rings. The first kappa shape index (κ1) is 12.5. The van der Waals surface area contributed by atoms with E-state index in [9.17, 15) is 5.11 Å². The van der Waals surface area contributed by atoms with Crippen molar-refractivity contribution in [3.05, 3.63) is 10.6 Å². The predicted octanol–water partition coefficient (Wildman–Crippen LogP) is 1.95. The first-order chi connectivity index (χ1) is 7.15. The maximum absolute atomic E-state index is 9.87. The van der Waals surface area contributed by atoms with Crippen molar-refractivity contribution < 1.29 is 9.84 Å². The summed E-state index contributed by atoms with van der Waals surface area (Å²) in [6.45, 7) is 6.30. The minimum absolute atomic E-state index is 0.134. The van der Waals surface area contributed by atoms with Crippen LogP contribution in [0.1, 0.15) is 43.9 Å². The molecule has 1 aromatic heterocycles. The molecular weight excluding hydrogens is 212 g/mol. The predicted molar refractivity (Wildman–Crippen MR) is 60.0 cm³/mol. The van der Waals surface area contributed by atoms with Crippen LogP contribution in [0.4, 0.5) is 0 Å². The number of hydrogen-bond donors (Lipinski definition) is 1. The fourth-order valence-electron chi connectivity index (χ4n) is 1.24. The zero-order valence-electron chi connectivity index (χ0n) is 9.43. The minimum atomic E-state index is -0.589. The summed E-state index contributed by atoms with van der Waals surface area (Å²) < 4.78 is 9.23. The summed E-state index contributed by atoms with van der Waals surface area (Å²) in [6.07, 6.45) is 1.42. The summed E-state index contributed by atoms with van der Waals surface area (Å²) in [5, 5.41) is 13.9. The molecule has 4 nitrogen and oxygen atoms in total. The molecule has 0 fully saturated rings. The third-order valence-corrected chi connectivity index (χ3v) is 2.83. The van der Waals surface area contributed by atoms with E-state index in [2.05, 4.69) is 16.5 Å². The number of aliphatic hydroxyl groups excluding tert-OH is 1. The Morgan fingerprint density at radius 3 is 2.80 bits per heavy atom. The van der Waals surface area contributed by atoms with Crippen LogP contribution in [0.2, 0.25) is 0 Å². The fourth-order valence-corrected chi connectivity index (χ4v) is 1.90. The Balaban J connectivity index is 2.56. The van der Waals surface area contributed by atoms with Gasteiger partial charge in [0, 0.05) is 0 Å². The lowest BCUT2D eigenvalue weighted by Crippen LogP contribution is -2.12. The van der Waals surface area contributed by atoms with E-state index in [1.807, 2.05) is 13.8 Å². The van der Waals surface area contributed by atoms with E-state index in [0.717, 1.165) is 23.4 Å². The quantitative estimate of drug-likeness (QED) is 0.811. The van der Waals surface area contributed by atoms with Gasteiger partial charge in [-0.1, -0.05) is 17.8 Å². The Kier molecular flexibility index (Phi) is 5.14. The third kappa shape index (κ3) is 3.85. The van der Waals surface area contributed by atoms with Crippen LogP contribution in [-0.4, -0.2) is 27.4 Å². The smallest absolute Gasteiger partial charge is 0.115 e. The molecule has 0 radical (unpaired) electrons. The van der Waals surface area contributed by atoms with Gasteiger partial charge in [0.25, 0.3) is 0 Å². The molecule has 5 heteroatoms. The van der Waals surface area contributed by atoms with Crippen LogP contribution in [-0.2, 0) is 11.2 Å². The van der Waals surface area contributed by atoms with Gasteiger partial charge in [-0.05, 0) is 31.8 Å². The average molecular weight is 230 g/mol. The second-order valence-electron chi connectivity index (χ2n) is 3.73. The van der Waals surface area contributed by atoms with Crippen molar-refractivity contribution in [1.82, 2.24) is 9.59 Å². The molecule has 0 spiro atoms. The molecule has 15 heavy (non-hydrogen) atoms. The molecule has 1 atom stereocenters. The molecule has 0 aliphatic carbocycles. The lowest BCUT2D eigenvalue weighted by Gasteiger charge is -2.12. The standard InChI is InChI=1S/C10H18N2O2S/c1-4-5-8-10(15-12-11-8)9(13)6-14-7(2)3/h7,9,13H,4-6H2,1-3H3. The largest absolute Gasteiger partial charge is 0.385 e. The van der Waals surface area contributed by atoms with Crippen LogP contribution in [0.5, 0.6) is 0 Å². The molecule has 0 aromatic carbocycles. The van der Waals surface area contributed by atoms with Gasteiger partial charge < -0.3 is 9.84 Å². The van der Waals surface area contributed by atoms with E-state index in [0.29, 0.717) is 6.61 Å².